The van der Waals surface area contributed by atoms with Crippen molar-refractivity contribution in [3.05, 3.63) is 58.1 Å². The van der Waals surface area contributed by atoms with Crippen molar-refractivity contribution in [2.45, 2.75) is 57.9 Å². The lowest BCUT2D eigenvalue weighted by molar-refractivity contribution is -0.143. The number of hydrogen-bond donors (Lipinski definition) is 0. The van der Waals surface area contributed by atoms with Crippen LogP contribution in [0.3, 0.4) is 0 Å². The van der Waals surface area contributed by atoms with Gasteiger partial charge in [0.05, 0.1) is 63.5 Å². The second kappa shape index (κ2) is 14.4. The Morgan fingerprint density at radius 3 is 2.11 bits per heavy atom. The van der Waals surface area contributed by atoms with E-state index >= 15 is 0 Å². The quantitative estimate of drug-likeness (QED) is 0.206. The van der Waals surface area contributed by atoms with E-state index in [0.29, 0.717) is 35.6 Å². The average molecular weight is 637 g/mol. The molecule has 1 aliphatic heterocycles. The predicted octanol–water partition coefficient (Wildman–Crippen LogP) is 6.96. The number of fused-ring (bicyclic) bond motifs is 1. The first-order valence-electron chi connectivity index (χ1n) is 13.5. The number of halogens is 6. The van der Waals surface area contributed by atoms with Crippen LogP contribution >= 0.6 is 0 Å². The highest BCUT2D eigenvalue weighted by Gasteiger charge is 2.41. The lowest BCUT2D eigenvalue weighted by Crippen LogP contribution is -2.47. The van der Waals surface area contributed by atoms with Crippen molar-refractivity contribution >= 4 is 17.9 Å². The molecule has 1 heterocycles. The molecule has 2 amide bonds. The Hall–Kier alpha value is -3.72. The van der Waals surface area contributed by atoms with Crippen LogP contribution in [-0.4, -0.2) is 64.3 Å². The third kappa shape index (κ3) is 8.05. The molecular weight excluding hydrogens is 602 g/mol. The molecule has 15 heteroatoms. The number of rotatable bonds is 10. The maximum absolute atomic E-state index is 13.6. The molecule has 44 heavy (non-hydrogen) atoms. The Morgan fingerprint density at radius 1 is 0.955 bits per heavy atom. The van der Waals surface area contributed by atoms with Crippen molar-refractivity contribution in [1.29, 1.82) is 0 Å². The Morgan fingerprint density at radius 2 is 1.59 bits per heavy atom. The fourth-order valence-electron chi connectivity index (χ4n) is 5.02. The minimum Gasteiger partial charge on any atom is -0.496 e. The van der Waals surface area contributed by atoms with E-state index in [1.165, 1.54) is 19.1 Å². The van der Waals surface area contributed by atoms with Crippen molar-refractivity contribution in [3.8, 4) is 5.75 Å². The molecule has 2 unspecified atom stereocenters. The molecule has 0 N–H and O–H groups in total. The van der Waals surface area contributed by atoms with Crippen molar-refractivity contribution in [1.82, 2.24) is 4.90 Å². The third-order valence-electron chi connectivity index (χ3n) is 6.99. The number of methoxy groups -OCH3 is 3. The third-order valence-corrected chi connectivity index (χ3v) is 6.99. The van der Waals surface area contributed by atoms with Crippen molar-refractivity contribution < 1.29 is 59.6 Å². The van der Waals surface area contributed by atoms with Crippen LogP contribution in [0.25, 0.3) is 0 Å². The Bertz CT molecular complexity index is 1290. The number of carbonyl (C=O) groups excluding carboxylic acids is 2. The number of hydrogen-bond acceptors (Lipinski definition) is 7. The zero-order valence-electron chi connectivity index (χ0n) is 24.8. The summed E-state index contributed by atoms with van der Waals surface area (Å²) in [5.74, 6) is 0.334. The summed E-state index contributed by atoms with van der Waals surface area (Å²) in [7, 11) is 3.96. The zero-order chi connectivity index (χ0) is 32.8. The van der Waals surface area contributed by atoms with E-state index in [9.17, 15) is 35.9 Å². The lowest BCUT2D eigenvalue weighted by Gasteiger charge is -2.43. The molecule has 0 radical (unpaired) electrons. The van der Waals surface area contributed by atoms with E-state index < -0.39 is 59.9 Å². The number of carbonyl (C=O) groups is 2. The standard InChI is InChI=1S/C29H34F6N2O7/c1-6-44-27(39)37-17(2)9-23(22-12-19(16-43-8-7-40-3)25(41-4)14-24(22)37)36(26(38)42-5)15-18-10-20(28(30,31)32)13-21(11-18)29(33,34)35/h10-14,17,23H,6-9,15-16H2,1-5H3. The van der Waals surface area contributed by atoms with Gasteiger partial charge in [-0.3, -0.25) is 9.80 Å². The highest BCUT2D eigenvalue weighted by Crippen LogP contribution is 2.45. The summed E-state index contributed by atoms with van der Waals surface area (Å²) in [6.07, 6.45) is -11.8. The van der Waals surface area contributed by atoms with Gasteiger partial charge >= 0.3 is 24.5 Å². The molecule has 0 saturated heterocycles. The highest BCUT2D eigenvalue weighted by atomic mass is 19.4. The molecule has 244 valence electrons. The van der Waals surface area contributed by atoms with Crippen LogP contribution < -0.4 is 9.64 Å². The molecule has 2 atom stereocenters. The monoisotopic (exact) mass is 636 g/mol. The SMILES string of the molecule is CCOC(=O)N1c2cc(OC)c(COCCOC)cc2C(N(Cc2cc(C(F)(F)F)cc(C(F)(F)F)c2)C(=O)OC)CC1C. The van der Waals surface area contributed by atoms with Gasteiger partial charge in [-0.05, 0) is 55.7 Å². The first-order chi connectivity index (χ1) is 20.7. The first-order valence-corrected chi connectivity index (χ1v) is 13.5. The predicted molar refractivity (Wildman–Crippen MR) is 145 cm³/mol. The van der Waals surface area contributed by atoms with Crippen molar-refractivity contribution in [3.63, 3.8) is 0 Å². The van der Waals surface area contributed by atoms with Crippen LogP contribution in [0.15, 0.2) is 30.3 Å². The number of benzene rings is 2. The fraction of sp³-hybridized carbons (Fsp3) is 0.517. The van der Waals surface area contributed by atoms with E-state index in [2.05, 4.69) is 0 Å². The first kappa shape index (κ1) is 34.8. The summed E-state index contributed by atoms with van der Waals surface area (Å²) in [5, 5.41) is 0. The molecule has 3 rings (SSSR count). The summed E-state index contributed by atoms with van der Waals surface area (Å²) in [6, 6.07) is 2.73. The molecular formula is C29H34F6N2O7. The van der Waals surface area contributed by atoms with Crippen LogP contribution in [0.4, 0.5) is 41.6 Å². The summed E-state index contributed by atoms with van der Waals surface area (Å²) >= 11 is 0. The number of ether oxygens (including phenoxy) is 5. The largest absolute Gasteiger partial charge is 0.496 e. The van der Waals surface area contributed by atoms with Gasteiger partial charge in [0.1, 0.15) is 5.75 Å². The van der Waals surface area contributed by atoms with E-state index in [4.69, 9.17) is 23.7 Å². The molecule has 2 aromatic carbocycles. The average Bonchev–Trinajstić information content (AvgIpc) is 2.96. The molecule has 1 aliphatic rings. The van der Waals surface area contributed by atoms with Crippen LogP contribution in [0.5, 0.6) is 5.75 Å². The van der Waals surface area contributed by atoms with Crippen LogP contribution in [0.1, 0.15) is 54.1 Å². The summed E-state index contributed by atoms with van der Waals surface area (Å²) in [5.41, 5.74) is -2.31. The summed E-state index contributed by atoms with van der Waals surface area (Å²) in [4.78, 5) is 28.6. The summed E-state index contributed by atoms with van der Waals surface area (Å²) < 4.78 is 108. The van der Waals surface area contributed by atoms with Crippen LogP contribution in [0, 0.1) is 0 Å². The molecule has 0 aliphatic carbocycles. The zero-order valence-corrected chi connectivity index (χ0v) is 24.8. The van der Waals surface area contributed by atoms with Gasteiger partial charge in [-0.1, -0.05) is 0 Å². The second-order valence-electron chi connectivity index (χ2n) is 9.95. The van der Waals surface area contributed by atoms with Crippen LogP contribution in [-0.2, 0) is 44.5 Å². The minimum absolute atomic E-state index is 0.0172. The number of amides is 2. The molecule has 0 fully saturated rings. The summed E-state index contributed by atoms with van der Waals surface area (Å²) in [6.45, 7) is 3.26. The van der Waals surface area contributed by atoms with Gasteiger partial charge in [0, 0.05) is 31.3 Å². The van der Waals surface area contributed by atoms with E-state index in [0.717, 1.165) is 12.0 Å². The molecule has 0 saturated carbocycles. The topological polar surface area (TPSA) is 86.8 Å². The molecule has 9 nitrogen and oxygen atoms in total. The van der Waals surface area contributed by atoms with Gasteiger partial charge in [-0.25, -0.2) is 9.59 Å². The van der Waals surface area contributed by atoms with E-state index in [1.54, 1.807) is 26.0 Å². The van der Waals surface area contributed by atoms with Crippen LogP contribution in [0.2, 0.25) is 0 Å². The normalized spacial score (nSPS) is 16.8. The number of alkyl halides is 6. The lowest BCUT2D eigenvalue weighted by atomic mass is 9.89. The van der Waals surface area contributed by atoms with Gasteiger partial charge in [-0.2, -0.15) is 26.3 Å². The van der Waals surface area contributed by atoms with E-state index in [1.807, 2.05) is 0 Å². The second-order valence-corrected chi connectivity index (χ2v) is 9.95. The minimum atomic E-state index is -5.08. The van der Waals surface area contributed by atoms with E-state index in [-0.39, 0.29) is 38.0 Å². The maximum Gasteiger partial charge on any atom is 0.416 e. The Kier molecular flexibility index (Phi) is 11.4. The van der Waals surface area contributed by atoms with Crippen molar-refractivity contribution in [2.24, 2.45) is 0 Å². The smallest absolute Gasteiger partial charge is 0.416 e. The van der Waals surface area contributed by atoms with Gasteiger partial charge in [-0.15, -0.1) is 0 Å². The number of anilines is 1. The molecule has 0 bridgehead atoms. The fourth-order valence-corrected chi connectivity index (χ4v) is 5.02. The highest BCUT2D eigenvalue weighted by molar-refractivity contribution is 5.91. The maximum atomic E-state index is 13.6. The molecule has 0 spiro atoms. The Labute approximate surface area is 250 Å². The van der Waals surface area contributed by atoms with Gasteiger partial charge in [0.2, 0.25) is 0 Å². The molecule has 2 aromatic rings. The van der Waals surface area contributed by atoms with Gasteiger partial charge in [0.25, 0.3) is 0 Å². The van der Waals surface area contributed by atoms with Crippen molar-refractivity contribution in [2.75, 3.05) is 46.0 Å². The number of nitrogens with zero attached hydrogens (tertiary/aromatic N) is 2. The van der Waals surface area contributed by atoms with Gasteiger partial charge in [0.15, 0.2) is 0 Å². The molecule has 0 aromatic heterocycles. The Balaban J connectivity index is 2.19. The van der Waals surface area contributed by atoms with Gasteiger partial charge < -0.3 is 23.7 Å².